The third-order valence-electron chi connectivity index (χ3n) is 3.77. The summed E-state index contributed by atoms with van der Waals surface area (Å²) in [4.78, 5) is 19.4. The Kier molecular flexibility index (Phi) is 3.99. The lowest BCUT2D eigenvalue weighted by molar-refractivity contribution is -0.137. The van der Waals surface area contributed by atoms with Crippen LogP contribution in [0.2, 0.25) is 0 Å². The van der Waals surface area contributed by atoms with E-state index in [9.17, 15) is 18.0 Å². The van der Waals surface area contributed by atoms with Gasteiger partial charge in [-0.1, -0.05) is 28.1 Å². The lowest BCUT2D eigenvalue weighted by Crippen LogP contribution is -2.12. The summed E-state index contributed by atoms with van der Waals surface area (Å²) in [6.07, 6.45) is -4.48. The van der Waals surface area contributed by atoms with Crippen LogP contribution in [0.3, 0.4) is 0 Å². The third kappa shape index (κ3) is 2.96. The van der Waals surface area contributed by atoms with Gasteiger partial charge >= 0.3 is 6.18 Å². The van der Waals surface area contributed by atoms with Gasteiger partial charge in [-0.3, -0.25) is 4.79 Å². The molecule has 2 aromatic carbocycles. The van der Waals surface area contributed by atoms with E-state index in [2.05, 4.69) is 25.9 Å². The monoisotopic (exact) mass is 396 g/mol. The summed E-state index contributed by atoms with van der Waals surface area (Å²) in [5.41, 5.74) is 1.05. The van der Waals surface area contributed by atoms with Crippen molar-refractivity contribution in [3.05, 3.63) is 61.8 Å². The zero-order valence-corrected chi connectivity index (χ0v) is 14.3. The van der Waals surface area contributed by atoms with Gasteiger partial charge in [-0.15, -0.1) is 0 Å². The van der Waals surface area contributed by atoms with E-state index in [-0.39, 0.29) is 21.4 Å². The normalized spacial score (nSPS) is 11.9. The van der Waals surface area contributed by atoms with Crippen LogP contribution in [0.25, 0.3) is 22.3 Å². The molecule has 0 aliphatic heterocycles. The van der Waals surface area contributed by atoms with Crippen molar-refractivity contribution in [2.45, 2.75) is 20.0 Å². The van der Waals surface area contributed by atoms with E-state index < -0.39 is 11.7 Å². The van der Waals surface area contributed by atoms with Crippen molar-refractivity contribution in [1.29, 1.82) is 0 Å². The first-order chi connectivity index (χ1) is 11.2. The predicted octanol–water partition coefficient (Wildman–Crippen LogP) is 4.99. The highest BCUT2D eigenvalue weighted by molar-refractivity contribution is 9.10. The highest BCUT2D eigenvalue weighted by atomic mass is 79.9. The van der Waals surface area contributed by atoms with E-state index in [1.54, 1.807) is 13.8 Å². The first-order valence-electron chi connectivity index (χ1n) is 7.05. The number of halogens is 4. The Balaban J connectivity index is 2.30. The molecular weight excluding hydrogens is 385 g/mol. The quantitative estimate of drug-likeness (QED) is 0.629. The van der Waals surface area contributed by atoms with E-state index in [0.29, 0.717) is 10.9 Å². The van der Waals surface area contributed by atoms with Crippen molar-refractivity contribution in [3.8, 4) is 11.4 Å². The Bertz CT molecular complexity index is 1010. The SMILES string of the molecule is Cc1ccc(C)c2c(=O)[nH]c(-c3cc(Br)cc(C(F)(F)F)c3)nc12. The average Bonchev–Trinajstić information content (AvgIpc) is 2.49. The Morgan fingerprint density at radius 2 is 1.75 bits per heavy atom. The average molecular weight is 397 g/mol. The van der Waals surface area contributed by atoms with Gasteiger partial charge in [-0.05, 0) is 43.2 Å². The van der Waals surface area contributed by atoms with Crippen LogP contribution in [0.15, 0.2) is 39.6 Å². The van der Waals surface area contributed by atoms with Gasteiger partial charge in [-0.25, -0.2) is 4.98 Å². The van der Waals surface area contributed by atoms with Gasteiger partial charge < -0.3 is 4.98 Å². The molecule has 0 aliphatic carbocycles. The zero-order valence-electron chi connectivity index (χ0n) is 12.8. The molecule has 0 fully saturated rings. The van der Waals surface area contributed by atoms with Crippen LogP contribution in [-0.2, 0) is 6.18 Å². The molecule has 24 heavy (non-hydrogen) atoms. The molecule has 1 heterocycles. The van der Waals surface area contributed by atoms with E-state index in [1.807, 2.05) is 12.1 Å². The van der Waals surface area contributed by atoms with Gasteiger partial charge in [0.25, 0.3) is 5.56 Å². The standard InChI is InChI=1S/C17H12BrF3N2O/c1-8-3-4-9(2)14-13(8)16(24)23-15(22-14)10-5-11(17(19,20)21)7-12(18)6-10/h3-7H,1-2H3,(H,22,23,24). The van der Waals surface area contributed by atoms with Gasteiger partial charge in [0.05, 0.1) is 16.5 Å². The van der Waals surface area contributed by atoms with E-state index >= 15 is 0 Å². The molecule has 0 spiro atoms. The fourth-order valence-electron chi connectivity index (χ4n) is 2.56. The number of nitrogens with one attached hydrogen (secondary N) is 1. The number of aromatic amines is 1. The van der Waals surface area contributed by atoms with Crippen molar-refractivity contribution < 1.29 is 13.2 Å². The lowest BCUT2D eigenvalue weighted by atomic mass is 10.1. The van der Waals surface area contributed by atoms with Crippen LogP contribution in [0.5, 0.6) is 0 Å². The molecule has 124 valence electrons. The fourth-order valence-corrected chi connectivity index (χ4v) is 3.06. The third-order valence-corrected chi connectivity index (χ3v) is 4.23. The Morgan fingerprint density at radius 3 is 2.42 bits per heavy atom. The lowest BCUT2D eigenvalue weighted by Gasteiger charge is -2.11. The molecule has 1 aromatic heterocycles. The molecular formula is C17H12BrF3N2O. The number of benzene rings is 2. The van der Waals surface area contributed by atoms with Gasteiger partial charge in [0, 0.05) is 10.0 Å². The fraction of sp³-hybridized carbons (Fsp3) is 0.176. The van der Waals surface area contributed by atoms with Gasteiger partial charge in [0.15, 0.2) is 0 Å². The van der Waals surface area contributed by atoms with Crippen molar-refractivity contribution in [1.82, 2.24) is 9.97 Å². The van der Waals surface area contributed by atoms with E-state index in [1.165, 1.54) is 6.07 Å². The van der Waals surface area contributed by atoms with E-state index in [4.69, 9.17) is 0 Å². The van der Waals surface area contributed by atoms with Gasteiger partial charge in [-0.2, -0.15) is 13.2 Å². The maximum Gasteiger partial charge on any atom is 0.416 e. The molecule has 0 atom stereocenters. The predicted molar refractivity (Wildman–Crippen MR) is 90.0 cm³/mol. The first-order valence-corrected chi connectivity index (χ1v) is 7.84. The second-order valence-corrected chi connectivity index (χ2v) is 6.48. The van der Waals surface area contributed by atoms with Crippen LogP contribution in [0.1, 0.15) is 16.7 Å². The molecule has 0 saturated heterocycles. The molecule has 0 aliphatic rings. The maximum absolute atomic E-state index is 13.0. The van der Waals surface area contributed by atoms with Crippen molar-refractivity contribution in [2.75, 3.05) is 0 Å². The second-order valence-electron chi connectivity index (χ2n) is 5.56. The minimum Gasteiger partial charge on any atom is -0.306 e. The minimum atomic E-state index is -4.48. The number of hydrogen-bond acceptors (Lipinski definition) is 2. The van der Waals surface area contributed by atoms with Gasteiger partial charge in [0.1, 0.15) is 5.82 Å². The molecule has 0 unspecified atom stereocenters. The maximum atomic E-state index is 13.0. The number of aryl methyl sites for hydroxylation is 2. The minimum absolute atomic E-state index is 0.105. The summed E-state index contributed by atoms with van der Waals surface area (Å²) in [6.45, 7) is 3.60. The van der Waals surface area contributed by atoms with Crippen molar-refractivity contribution in [3.63, 3.8) is 0 Å². The molecule has 3 aromatic rings. The Morgan fingerprint density at radius 1 is 1.08 bits per heavy atom. The Hall–Kier alpha value is -2.15. The number of fused-ring (bicyclic) bond motifs is 1. The van der Waals surface area contributed by atoms with Crippen LogP contribution in [-0.4, -0.2) is 9.97 Å². The summed E-state index contributed by atoms with van der Waals surface area (Å²) in [6, 6.07) is 7.09. The van der Waals surface area contributed by atoms with Crippen LogP contribution in [0.4, 0.5) is 13.2 Å². The summed E-state index contributed by atoms with van der Waals surface area (Å²) in [5.74, 6) is 0.105. The molecule has 0 bridgehead atoms. The molecule has 0 radical (unpaired) electrons. The summed E-state index contributed by atoms with van der Waals surface area (Å²) < 4.78 is 39.3. The number of nitrogens with zero attached hydrogens (tertiary/aromatic N) is 1. The molecule has 7 heteroatoms. The highest BCUT2D eigenvalue weighted by Gasteiger charge is 2.31. The summed E-state index contributed by atoms with van der Waals surface area (Å²) in [5, 5.41) is 0.449. The number of rotatable bonds is 1. The molecule has 3 rings (SSSR count). The van der Waals surface area contributed by atoms with E-state index in [0.717, 1.165) is 23.3 Å². The molecule has 0 saturated carbocycles. The first kappa shape index (κ1) is 16.7. The Labute approximate surface area is 143 Å². The number of alkyl halides is 3. The molecule has 0 amide bonds. The topological polar surface area (TPSA) is 45.8 Å². The van der Waals surface area contributed by atoms with Crippen molar-refractivity contribution in [2.24, 2.45) is 0 Å². The largest absolute Gasteiger partial charge is 0.416 e. The molecule has 3 nitrogen and oxygen atoms in total. The second kappa shape index (κ2) is 5.73. The summed E-state index contributed by atoms with van der Waals surface area (Å²) in [7, 11) is 0. The van der Waals surface area contributed by atoms with Crippen LogP contribution in [0, 0.1) is 13.8 Å². The summed E-state index contributed by atoms with van der Waals surface area (Å²) >= 11 is 3.08. The number of aromatic nitrogens is 2. The highest BCUT2D eigenvalue weighted by Crippen LogP contribution is 2.34. The molecule has 1 N–H and O–H groups in total. The van der Waals surface area contributed by atoms with Crippen LogP contribution >= 0.6 is 15.9 Å². The number of H-pyrrole nitrogens is 1. The van der Waals surface area contributed by atoms with Crippen LogP contribution < -0.4 is 5.56 Å². The van der Waals surface area contributed by atoms with Gasteiger partial charge in [0.2, 0.25) is 0 Å². The smallest absolute Gasteiger partial charge is 0.306 e. The number of hydrogen-bond donors (Lipinski definition) is 1. The van der Waals surface area contributed by atoms with Crippen molar-refractivity contribution >= 4 is 26.8 Å². The zero-order chi connectivity index (χ0) is 17.6.